The van der Waals surface area contributed by atoms with Crippen LogP contribution >= 0.6 is 22.9 Å². The summed E-state index contributed by atoms with van der Waals surface area (Å²) in [4.78, 5) is 19.1. The van der Waals surface area contributed by atoms with E-state index in [1.807, 2.05) is 32.0 Å². The second-order valence-electron chi connectivity index (χ2n) is 4.93. The SMILES string of the molecule is Cc1sc2nc(-c3ccccc3Cl)n(CC#N)c(=O)c2c1C. The molecule has 3 rings (SSSR count). The van der Waals surface area contributed by atoms with Crippen molar-refractivity contribution in [2.45, 2.75) is 20.4 Å². The first-order valence-electron chi connectivity index (χ1n) is 6.67. The zero-order valence-electron chi connectivity index (χ0n) is 12.1. The van der Waals surface area contributed by atoms with Crippen LogP contribution in [0.3, 0.4) is 0 Å². The average Bonchev–Trinajstić information content (AvgIpc) is 2.78. The second kappa shape index (κ2) is 5.56. The second-order valence-corrected chi connectivity index (χ2v) is 6.54. The highest BCUT2D eigenvalue weighted by molar-refractivity contribution is 7.18. The molecule has 0 spiro atoms. The predicted molar refractivity (Wildman–Crippen MR) is 89.4 cm³/mol. The van der Waals surface area contributed by atoms with Gasteiger partial charge < -0.3 is 0 Å². The van der Waals surface area contributed by atoms with Gasteiger partial charge in [0.2, 0.25) is 0 Å². The summed E-state index contributed by atoms with van der Waals surface area (Å²) in [5.74, 6) is 0.436. The van der Waals surface area contributed by atoms with Crippen molar-refractivity contribution in [3.63, 3.8) is 0 Å². The first-order valence-corrected chi connectivity index (χ1v) is 7.86. The molecule has 2 aromatic heterocycles. The maximum Gasteiger partial charge on any atom is 0.263 e. The number of hydrogen-bond acceptors (Lipinski definition) is 4. The van der Waals surface area contributed by atoms with Crippen molar-refractivity contribution in [1.82, 2.24) is 9.55 Å². The number of aromatic nitrogens is 2. The van der Waals surface area contributed by atoms with Crippen LogP contribution in [0.2, 0.25) is 5.02 Å². The van der Waals surface area contributed by atoms with E-state index in [1.54, 1.807) is 12.1 Å². The Balaban J connectivity index is 2.45. The number of thiophene rings is 1. The van der Waals surface area contributed by atoms with Crippen LogP contribution in [-0.2, 0) is 6.54 Å². The molecule has 0 atom stereocenters. The third-order valence-corrected chi connectivity index (χ3v) is 5.06. The van der Waals surface area contributed by atoms with Gasteiger partial charge >= 0.3 is 0 Å². The summed E-state index contributed by atoms with van der Waals surface area (Å²) < 4.78 is 1.39. The lowest BCUT2D eigenvalue weighted by molar-refractivity contribution is 0.788. The van der Waals surface area contributed by atoms with Gasteiger partial charge in [0.25, 0.3) is 5.56 Å². The Bertz CT molecular complexity index is 981. The number of aryl methyl sites for hydroxylation is 2. The van der Waals surface area contributed by atoms with Gasteiger partial charge in [0.15, 0.2) is 0 Å². The summed E-state index contributed by atoms with van der Waals surface area (Å²) in [5.41, 5.74) is 1.39. The van der Waals surface area contributed by atoms with Crippen molar-refractivity contribution < 1.29 is 0 Å². The van der Waals surface area contributed by atoms with Crippen LogP contribution in [-0.4, -0.2) is 9.55 Å². The molecule has 2 heterocycles. The van der Waals surface area contributed by atoms with Crippen LogP contribution in [0.4, 0.5) is 0 Å². The molecule has 3 aromatic rings. The molecule has 0 bridgehead atoms. The summed E-state index contributed by atoms with van der Waals surface area (Å²) >= 11 is 7.72. The zero-order valence-corrected chi connectivity index (χ0v) is 13.6. The van der Waals surface area contributed by atoms with E-state index in [4.69, 9.17) is 16.9 Å². The van der Waals surface area contributed by atoms with E-state index in [-0.39, 0.29) is 12.1 Å². The minimum atomic E-state index is -0.191. The highest BCUT2D eigenvalue weighted by atomic mass is 35.5. The van der Waals surface area contributed by atoms with Crippen LogP contribution in [0.15, 0.2) is 29.1 Å². The number of rotatable bonds is 2. The highest BCUT2D eigenvalue weighted by Gasteiger charge is 2.18. The zero-order chi connectivity index (χ0) is 15.9. The van der Waals surface area contributed by atoms with Crippen molar-refractivity contribution in [2.75, 3.05) is 0 Å². The van der Waals surface area contributed by atoms with Gasteiger partial charge in [-0.15, -0.1) is 11.3 Å². The Hall–Kier alpha value is -2.16. The Morgan fingerprint density at radius 3 is 2.77 bits per heavy atom. The fraction of sp³-hybridized carbons (Fsp3) is 0.188. The van der Waals surface area contributed by atoms with Crippen molar-refractivity contribution >= 4 is 33.2 Å². The van der Waals surface area contributed by atoms with E-state index in [9.17, 15) is 4.79 Å². The van der Waals surface area contributed by atoms with Crippen molar-refractivity contribution in [2.24, 2.45) is 0 Å². The van der Waals surface area contributed by atoms with Gasteiger partial charge in [0.05, 0.1) is 16.5 Å². The molecule has 4 nitrogen and oxygen atoms in total. The number of nitrogens with zero attached hydrogens (tertiary/aromatic N) is 3. The maximum absolute atomic E-state index is 12.8. The quantitative estimate of drug-likeness (QED) is 0.716. The van der Waals surface area contributed by atoms with Crippen molar-refractivity contribution in [3.8, 4) is 17.5 Å². The molecule has 1 aromatic carbocycles. The van der Waals surface area contributed by atoms with Crippen LogP contribution in [0.25, 0.3) is 21.6 Å². The molecule has 0 saturated carbocycles. The Morgan fingerprint density at radius 2 is 2.09 bits per heavy atom. The average molecular weight is 330 g/mol. The topological polar surface area (TPSA) is 58.7 Å². The van der Waals surface area contributed by atoms with E-state index in [0.717, 1.165) is 10.4 Å². The van der Waals surface area contributed by atoms with Gasteiger partial charge in [0, 0.05) is 10.4 Å². The fourth-order valence-corrected chi connectivity index (χ4v) is 3.63. The van der Waals surface area contributed by atoms with Crippen molar-refractivity contribution in [3.05, 3.63) is 50.1 Å². The van der Waals surface area contributed by atoms with Crippen LogP contribution < -0.4 is 5.56 Å². The lowest BCUT2D eigenvalue weighted by Crippen LogP contribution is -2.23. The van der Waals surface area contributed by atoms with E-state index in [2.05, 4.69) is 4.98 Å². The van der Waals surface area contributed by atoms with Crippen molar-refractivity contribution in [1.29, 1.82) is 5.26 Å². The first kappa shape index (κ1) is 14.8. The number of halogens is 1. The number of fused-ring (bicyclic) bond motifs is 1. The van der Waals surface area contributed by atoms with E-state index < -0.39 is 0 Å². The monoisotopic (exact) mass is 329 g/mol. The molecule has 110 valence electrons. The third-order valence-electron chi connectivity index (χ3n) is 3.63. The van der Waals surface area contributed by atoms with E-state index in [0.29, 0.717) is 26.6 Å². The van der Waals surface area contributed by atoms with Gasteiger partial charge in [-0.05, 0) is 31.5 Å². The van der Waals surface area contributed by atoms with Gasteiger partial charge in [-0.1, -0.05) is 23.7 Å². The molecule has 0 fully saturated rings. The van der Waals surface area contributed by atoms with Gasteiger partial charge in [-0.3, -0.25) is 9.36 Å². The summed E-state index contributed by atoms with van der Waals surface area (Å²) in [6.45, 7) is 3.81. The summed E-state index contributed by atoms with van der Waals surface area (Å²) in [5, 5.41) is 10.2. The van der Waals surface area contributed by atoms with Crippen LogP contribution in [0.5, 0.6) is 0 Å². The highest BCUT2D eigenvalue weighted by Crippen LogP contribution is 2.31. The fourth-order valence-electron chi connectivity index (χ4n) is 2.39. The van der Waals surface area contributed by atoms with Gasteiger partial charge in [-0.25, -0.2) is 4.98 Å². The van der Waals surface area contributed by atoms with Crippen LogP contribution in [0, 0.1) is 25.2 Å². The summed E-state index contributed by atoms with van der Waals surface area (Å²) in [6.07, 6.45) is 0. The minimum Gasteiger partial charge on any atom is -0.278 e. The lowest BCUT2D eigenvalue weighted by atomic mass is 10.2. The van der Waals surface area contributed by atoms with E-state index >= 15 is 0 Å². The largest absolute Gasteiger partial charge is 0.278 e. The van der Waals surface area contributed by atoms with Gasteiger partial charge in [0.1, 0.15) is 17.2 Å². The van der Waals surface area contributed by atoms with Crippen LogP contribution in [0.1, 0.15) is 10.4 Å². The number of hydrogen-bond donors (Lipinski definition) is 0. The maximum atomic E-state index is 12.8. The smallest absolute Gasteiger partial charge is 0.263 e. The molecular formula is C16H12ClN3OS. The molecule has 6 heteroatoms. The minimum absolute atomic E-state index is 0.0589. The Kier molecular flexibility index (Phi) is 3.73. The Morgan fingerprint density at radius 1 is 1.36 bits per heavy atom. The molecule has 0 aliphatic rings. The van der Waals surface area contributed by atoms with E-state index in [1.165, 1.54) is 15.9 Å². The first-order chi connectivity index (χ1) is 10.5. The molecule has 22 heavy (non-hydrogen) atoms. The number of nitriles is 1. The predicted octanol–water partition coefficient (Wildman–Crippen LogP) is 3.92. The van der Waals surface area contributed by atoms with Gasteiger partial charge in [-0.2, -0.15) is 5.26 Å². The molecular weight excluding hydrogens is 318 g/mol. The molecule has 0 radical (unpaired) electrons. The molecule has 0 aliphatic carbocycles. The normalized spacial score (nSPS) is 10.8. The molecule has 0 N–H and O–H groups in total. The molecule has 0 unspecified atom stereocenters. The standard InChI is InChI=1S/C16H12ClN3OS/c1-9-10(2)22-15-13(9)16(21)20(8-7-18)14(19-15)11-5-3-4-6-12(11)17/h3-6H,8H2,1-2H3. The molecule has 0 amide bonds. The Labute approximate surface area is 136 Å². The number of benzene rings is 1. The lowest BCUT2D eigenvalue weighted by Gasteiger charge is -2.10. The molecule has 0 aliphatic heterocycles. The molecule has 0 saturated heterocycles. The third kappa shape index (κ3) is 2.21. The summed E-state index contributed by atoms with van der Waals surface area (Å²) in [6, 6.07) is 9.22. The summed E-state index contributed by atoms with van der Waals surface area (Å²) in [7, 11) is 0.